The fourth-order valence-corrected chi connectivity index (χ4v) is 2.02. The number of hydrogen-bond donors (Lipinski definition) is 0. The van der Waals surface area contributed by atoms with Crippen LogP contribution in [0.25, 0.3) is 22.0 Å². The van der Waals surface area contributed by atoms with Crippen molar-refractivity contribution in [3.05, 3.63) is 66.4 Å². The molecule has 0 saturated heterocycles. The summed E-state index contributed by atoms with van der Waals surface area (Å²) in [5, 5.41) is 10.0. The number of rotatable bonds is 1. The lowest BCUT2D eigenvalue weighted by Gasteiger charge is -2.04. The molecule has 3 rings (SSSR count). The topological polar surface area (TPSA) is 36.7 Å². The molecule has 0 saturated carbocycles. The molecule has 84 valence electrons. The van der Waals surface area contributed by atoms with Crippen molar-refractivity contribution in [2.45, 2.75) is 0 Å². The van der Waals surface area contributed by atoms with Gasteiger partial charge in [-0.15, -0.1) is 0 Å². The molecular weight excluding hydrogens is 220 g/mol. The van der Waals surface area contributed by atoms with E-state index in [4.69, 9.17) is 5.26 Å². The molecule has 0 bridgehead atoms. The summed E-state index contributed by atoms with van der Waals surface area (Å²) >= 11 is 0. The van der Waals surface area contributed by atoms with E-state index in [2.05, 4.69) is 17.1 Å². The Bertz CT molecular complexity index is 754. The minimum atomic E-state index is 0.679. The highest BCUT2D eigenvalue weighted by molar-refractivity contribution is 5.84. The number of aromatic nitrogens is 1. The molecule has 1 aromatic heterocycles. The Morgan fingerprint density at radius 3 is 2.67 bits per heavy atom. The van der Waals surface area contributed by atoms with E-state index in [9.17, 15) is 0 Å². The first-order chi connectivity index (χ1) is 8.86. The molecule has 0 aliphatic carbocycles. The van der Waals surface area contributed by atoms with E-state index in [-0.39, 0.29) is 0 Å². The fourth-order valence-electron chi connectivity index (χ4n) is 2.02. The van der Waals surface area contributed by atoms with E-state index < -0.39 is 0 Å². The molecule has 0 amide bonds. The molecule has 3 aromatic rings. The van der Waals surface area contributed by atoms with Crippen molar-refractivity contribution < 1.29 is 0 Å². The summed E-state index contributed by atoms with van der Waals surface area (Å²) in [6, 6.07) is 19.9. The molecule has 0 fully saturated rings. The predicted octanol–water partition coefficient (Wildman–Crippen LogP) is 3.77. The third-order valence-electron chi connectivity index (χ3n) is 2.93. The van der Waals surface area contributed by atoms with Crippen molar-refractivity contribution in [1.82, 2.24) is 4.98 Å². The van der Waals surface area contributed by atoms with Gasteiger partial charge in [0.25, 0.3) is 0 Å². The number of pyridine rings is 1. The van der Waals surface area contributed by atoms with Gasteiger partial charge in [0.2, 0.25) is 0 Å². The van der Waals surface area contributed by atoms with E-state index in [0.29, 0.717) is 5.56 Å². The van der Waals surface area contributed by atoms with Crippen LogP contribution in [0.15, 0.2) is 60.8 Å². The quantitative estimate of drug-likeness (QED) is 0.638. The third-order valence-corrected chi connectivity index (χ3v) is 2.93. The van der Waals surface area contributed by atoms with Gasteiger partial charge in [-0.05, 0) is 41.5 Å². The molecular formula is C16H10N2. The number of nitriles is 1. The Kier molecular flexibility index (Phi) is 2.51. The van der Waals surface area contributed by atoms with E-state index in [1.807, 2.05) is 48.5 Å². The van der Waals surface area contributed by atoms with Crippen molar-refractivity contribution in [3.8, 4) is 17.2 Å². The van der Waals surface area contributed by atoms with Gasteiger partial charge in [0.1, 0.15) is 0 Å². The molecule has 2 heteroatoms. The molecule has 18 heavy (non-hydrogen) atoms. The van der Waals surface area contributed by atoms with Crippen LogP contribution < -0.4 is 0 Å². The summed E-state index contributed by atoms with van der Waals surface area (Å²) in [6.45, 7) is 0. The van der Waals surface area contributed by atoms with Crippen LogP contribution in [0.4, 0.5) is 0 Å². The summed E-state index contributed by atoms with van der Waals surface area (Å²) in [7, 11) is 0. The first-order valence-corrected chi connectivity index (χ1v) is 5.72. The van der Waals surface area contributed by atoms with Crippen LogP contribution in [0.5, 0.6) is 0 Å². The lowest BCUT2D eigenvalue weighted by molar-refractivity contribution is 1.41. The summed E-state index contributed by atoms with van der Waals surface area (Å²) in [5.74, 6) is 0. The Morgan fingerprint density at radius 1 is 0.889 bits per heavy atom. The summed E-state index contributed by atoms with van der Waals surface area (Å²) in [5.41, 5.74) is 3.82. The van der Waals surface area contributed by atoms with Gasteiger partial charge in [0.15, 0.2) is 0 Å². The number of benzene rings is 2. The Labute approximate surface area is 105 Å². The van der Waals surface area contributed by atoms with Gasteiger partial charge in [0, 0.05) is 11.6 Å². The highest BCUT2D eigenvalue weighted by Gasteiger charge is 2.01. The maximum atomic E-state index is 8.92. The zero-order valence-corrected chi connectivity index (χ0v) is 9.67. The number of hydrogen-bond acceptors (Lipinski definition) is 2. The standard InChI is InChI=1S/C16H10N2/c17-11-12-3-1-4-13(9-12)14-6-7-16-15(10-14)5-2-8-18-16/h1-10H. The van der Waals surface area contributed by atoms with Crippen molar-refractivity contribution in [2.24, 2.45) is 0 Å². The maximum Gasteiger partial charge on any atom is 0.0991 e. The van der Waals surface area contributed by atoms with Crippen LogP contribution in [0.2, 0.25) is 0 Å². The molecule has 2 aromatic carbocycles. The number of fused-ring (bicyclic) bond motifs is 1. The minimum Gasteiger partial charge on any atom is -0.256 e. The average Bonchev–Trinajstić information content (AvgIpc) is 2.47. The highest BCUT2D eigenvalue weighted by Crippen LogP contribution is 2.24. The summed E-state index contributed by atoms with van der Waals surface area (Å²) in [6.07, 6.45) is 1.79. The van der Waals surface area contributed by atoms with Gasteiger partial charge in [-0.1, -0.05) is 24.3 Å². The molecule has 1 heterocycles. The highest BCUT2D eigenvalue weighted by atomic mass is 14.6. The second-order valence-corrected chi connectivity index (χ2v) is 4.10. The molecule has 0 atom stereocenters. The smallest absolute Gasteiger partial charge is 0.0991 e. The Balaban J connectivity index is 2.16. The second-order valence-electron chi connectivity index (χ2n) is 4.10. The van der Waals surface area contributed by atoms with Crippen molar-refractivity contribution in [2.75, 3.05) is 0 Å². The van der Waals surface area contributed by atoms with Gasteiger partial charge in [-0.2, -0.15) is 5.26 Å². The third kappa shape index (κ3) is 1.83. The van der Waals surface area contributed by atoms with Crippen molar-refractivity contribution >= 4 is 10.9 Å². The van der Waals surface area contributed by atoms with E-state index >= 15 is 0 Å². The second kappa shape index (κ2) is 4.31. The van der Waals surface area contributed by atoms with Crippen LogP contribution in [-0.2, 0) is 0 Å². The molecule has 0 N–H and O–H groups in total. The van der Waals surface area contributed by atoms with Crippen LogP contribution >= 0.6 is 0 Å². The van der Waals surface area contributed by atoms with Gasteiger partial charge >= 0.3 is 0 Å². The monoisotopic (exact) mass is 230 g/mol. The fraction of sp³-hybridized carbons (Fsp3) is 0. The summed E-state index contributed by atoms with van der Waals surface area (Å²) in [4.78, 5) is 4.30. The van der Waals surface area contributed by atoms with Gasteiger partial charge in [-0.3, -0.25) is 4.98 Å². The van der Waals surface area contributed by atoms with Gasteiger partial charge in [-0.25, -0.2) is 0 Å². The van der Waals surface area contributed by atoms with Crippen LogP contribution in [-0.4, -0.2) is 4.98 Å². The first kappa shape index (κ1) is 10.5. The van der Waals surface area contributed by atoms with Crippen LogP contribution in [0.1, 0.15) is 5.56 Å². The zero-order valence-electron chi connectivity index (χ0n) is 9.67. The van der Waals surface area contributed by atoms with Crippen molar-refractivity contribution in [1.29, 1.82) is 5.26 Å². The van der Waals surface area contributed by atoms with E-state index in [1.54, 1.807) is 6.20 Å². The molecule has 0 spiro atoms. The Hall–Kier alpha value is -2.66. The molecule has 0 radical (unpaired) electrons. The molecule has 0 aliphatic heterocycles. The van der Waals surface area contributed by atoms with Crippen molar-refractivity contribution in [3.63, 3.8) is 0 Å². The summed E-state index contributed by atoms with van der Waals surface area (Å²) < 4.78 is 0. The van der Waals surface area contributed by atoms with Gasteiger partial charge in [0.05, 0.1) is 17.1 Å². The molecule has 2 nitrogen and oxygen atoms in total. The molecule has 0 aliphatic rings. The zero-order chi connectivity index (χ0) is 12.4. The van der Waals surface area contributed by atoms with Crippen LogP contribution in [0.3, 0.4) is 0 Å². The van der Waals surface area contributed by atoms with Gasteiger partial charge < -0.3 is 0 Å². The Morgan fingerprint density at radius 2 is 1.78 bits per heavy atom. The lowest BCUT2D eigenvalue weighted by atomic mass is 10.0. The lowest BCUT2D eigenvalue weighted by Crippen LogP contribution is -1.82. The predicted molar refractivity (Wildman–Crippen MR) is 71.9 cm³/mol. The minimum absolute atomic E-state index is 0.679. The SMILES string of the molecule is N#Cc1cccc(-c2ccc3ncccc3c2)c1. The maximum absolute atomic E-state index is 8.92. The van der Waals surface area contributed by atoms with E-state index in [1.165, 1.54) is 0 Å². The van der Waals surface area contributed by atoms with Crippen LogP contribution in [0, 0.1) is 11.3 Å². The largest absolute Gasteiger partial charge is 0.256 e. The average molecular weight is 230 g/mol. The molecule has 0 unspecified atom stereocenters. The number of nitrogens with zero attached hydrogens (tertiary/aromatic N) is 2. The van der Waals surface area contributed by atoms with E-state index in [0.717, 1.165) is 22.0 Å². The first-order valence-electron chi connectivity index (χ1n) is 5.72. The normalized spacial score (nSPS) is 10.2.